The molecule has 1 aliphatic heterocycles. The molecule has 2 N–H and O–H groups in total. The number of rotatable bonds is 5. The smallest absolute Gasteiger partial charge is 0.251 e. The zero-order valence-corrected chi connectivity index (χ0v) is 16.9. The van der Waals surface area contributed by atoms with Crippen LogP contribution in [0.5, 0.6) is 0 Å². The minimum Gasteiger partial charge on any atom is -0.367 e. The number of carbonyl (C=O) groups excluding carboxylic acids is 2. The first-order chi connectivity index (χ1) is 14.0. The largest absolute Gasteiger partial charge is 0.367 e. The second-order valence-corrected chi connectivity index (χ2v) is 8.34. The van der Waals surface area contributed by atoms with Crippen LogP contribution < -0.4 is 5.73 Å². The lowest BCUT2D eigenvalue weighted by Gasteiger charge is -2.42. The molecular formula is C24H28N2O3. The minimum atomic E-state index is -1.18. The highest BCUT2D eigenvalue weighted by atomic mass is 16.5. The van der Waals surface area contributed by atoms with Crippen LogP contribution in [0.2, 0.25) is 0 Å². The zero-order chi connectivity index (χ0) is 20.4. The molecular weight excluding hydrogens is 364 g/mol. The summed E-state index contributed by atoms with van der Waals surface area (Å²) >= 11 is 0. The van der Waals surface area contributed by atoms with Gasteiger partial charge in [-0.05, 0) is 36.5 Å². The van der Waals surface area contributed by atoms with Crippen LogP contribution in [0.25, 0.3) is 11.1 Å². The fourth-order valence-corrected chi connectivity index (χ4v) is 4.17. The van der Waals surface area contributed by atoms with E-state index < -0.39 is 11.5 Å². The molecule has 2 fully saturated rings. The molecule has 0 bridgehead atoms. The molecule has 1 saturated heterocycles. The number of morpholine rings is 1. The third kappa shape index (κ3) is 4.06. The summed E-state index contributed by atoms with van der Waals surface area (Å²) < 4.78 is 5.94. The molecule has 5 nitrogen and oxygen atoms in total. The predicted molar refractivity (Wildman–Crippen MR) is 112 cm³/mol. The average molecular weight is 392 g/mol. The number of hydrogen-bond donors (Lipinski definition) is 1. The molecule has 1 aliphatic carbocycles. The van der Waals surface area contributed by atoms with Gasteiger partial charge in [0, 0.05) is 18.9 Å². The maximum absolute atomic E-state index is 12.7. The second kappa shape index (κ2) is 7.99. The molecule has 0 spiro atoms. The predicted octanol–water partition coefficient (Wildman–Crippen LogP) is 3.09. The molecule has 1 atom stereocenters. The van der Waals surface area contributed by atoms with Gasteiger partial charge in [0.05, 0.1) is 13.2 Å². The SMILES string of the molecule is Cc1ccc(-c2cccc(C[C@]3(C(N)=O)CN(C(=O)C4CCC4)CCO3)c2)cc1. The molecule has 2 amide bonds. The highest BCUT2D eigenvalue weighted by Crippen LogP contribution is 2.31. The normalized spacial score (nSPS) is 22.2. The topological polar surface area (TPSA) is 72.6 Å². The number of nitrogens with zero attached hydrogens (tertiary/aromatic N) is 1. The Kier molecular flexibility index (Phi) is 5.41. The van der Waals surface area contributed by atoms with E-state index in [-0.39, 0.29) is 18.4 Å². The van der Waals surface area contributed by atoms with Crippen LogP contribution in [-0.2, 0) is 20.7 Å². The number of amides is 2. The quantitative estimate of drug-likeness (QED) is 0.850. The Morgan fingerprint density at radius 1 is 1.14 bits per heavy atom. The van der Waals surface area contributed by atoms with E-state index in [4.69, 9.17) is 10.5 Å². The molecule has 2 aliphatic rings. The molecule has 0 radical (unpaired) electrons. The fourth-order valence-electron chi connectivity index (χ4n) is 4.17. The first kappa shape index (κ1) is 19.6. The first-order valence-electron chi connectivity index (χ1n) is 10.4. The number of ether oxygens (including phenoxy) is 1. The molecule has 1 saturated carbocycles. The van der Waals surface area contributed by atoms with Crippen LogP contribution in [0.1, 0.15) is 30.4 Å². The van der Waals surface area contributed by atoms with Crippen LogP contribution in [-0.4, -0.2) is 42.0 Å². The van der Waals surface area contributed by atoms with Crippen LogP contribution in [0.15, 0.2) is 48.5 Å². The Labute approximate surface area is 171 Å². The molecule has 2 aromatic rings. The monoisotopic (exact) mass is 392 g/mol. The summed E-state index contributed by atoms with van der Waals surface area (Å²) in [4.78, 5) is 27.0. The molecule has 29 heavy (non-hydrogen) atoms. The number of carbonyl (C=O) groups is 2. The molecule has 0 aromatic heterocycles. The minimum absolute atomic E-state index is 0.101. The Bertz CT molecular complexity index is 905. The van der Waals surface area contributed by atoms with Crippen LogP contribution in [0, 0.1) is 12.8 Å². The van der Waals surface area contributed by atoms with E-state index in [2.05, 4.69) is 43.3 Å². The van der Waals surface area contributed by atoms with Gasteiger partial charge in [0.2, 0.25) is 5.91 Å². The van der Waals surface area contributed by atoms with E-state index in [0.29, 0.717) is 19.6 Å². The highest BCUT2D eigenvalue weighted by Gasteiger charge is 2.45. The maximum atomic E-state index is 12.7. The average Bonchev–Trinajstić information content (AvgIpc) is 2.67. The summed E-state index contributed by atoms with van der Waals surface area (Å²) in [5.41, 5.74) is 9.01. The van der Waals surface area contributed by atoms with Gasteiger partial charge < -0.3 is 15.4 Å². The number of benzene rings is 2. The lowest BCUT2D eigenvalue weighted by molar-refractivity contribution is -0.166. The van der Waals surface area contributed by atoms with Crippen molar-refractivity contribution >= 4 is 11.8 Å². The van der Waals surface area contributed by atoms with Crippen LogP contribution in [0.4, 0.5) is 0 Å². The van der Waals surface area contributed by atoms with Gasteiger partial charge in [0.15, 0.2) is 5.60 Å². The van der Waals surface area contributed by atoms with E-state index in [1.165, 1.54) is 5.56 Å². The van der Waals surface area contributed by atoms with Crippen molar-refractivity contribution in [2.24, 2.45) is 11.7 Å². The van der Waals surface area contributed by atoms with Crippen molar-refractivity contribution in [1.82, 2.24) is 4.90 Å². The summed E-state index contributed by atoms with van der Waals surface area (Å²) in [6, 6.07) is 16.5. The van der Waals surface area contributed by atoms with Gasteiger partial charge in [-0.3, -0.25) is 9.59 Å². The fraction of sp³-hybridized carbons (Fsp3) is 0.417. The number of hydrogen-bond acceptors (Lipinski definition) is 3. The molecule has 1 heterocycles. The molecule has 2 aromatic carbocycles. The standard InChI is InChI=1S/C24H28N2O3/c1-17-8-10-19(11-9-17)21-7-2-4-18(14-21)15-24(23(25)28)16-26(12-13-29-24)22(27)20-5-3-6-20/h2,4,7-11,14,20H,3,5-6,12-13,15-16H2,1H3,(H2,25,28)/t24-/m1/s1. The van der Waals surface area contributed by atoms with Gasteiger partial charge in [-0.15, -0.1) is 0 Å². The summed E-state index contributed by atoms with van der Waals surface area (Å²) in [5.74, 6) is -0.272. The van der Waals surface area contributed by atoms with Gasteiger partial charge in [-0.1, -0.05) is 60.5 Å². The van der Waals surface area contributed by atoms with E-state index in [1.807, 2.05) is 12.1 Å². The molecule has 4 rings (SSSR count). The van der Waals surface area contributed by atoms with E-state index >= 15 is 0 Å². The van der Waals surface area contributed by atoms with Crippen LogP contribution >= 0.6 is 0 Å². The van der Waals surface area contributed by atoms with Gasteiger partial charge in [0.25, 0.3) is 5.91 Å². The van der Waals surface area contributed by atoms with Gasteiger partial charge in [-0.2, -0.15) is 0 Å². The van der Waals surface area contributed by atoms with Crippen molar-refractivity contribution in [3.05, 3.63) is 59.7 Å². The van der Waals surface area contributed by atoms with Crippen LogP contribution in [0.3, 0.4) is 0 Å². The lowest BCUT2D eigenvalue weighted by Crippen LogP contribution is -2.62. The van der Waals surface area contributed by atoms with Crippen molar-refractivity contribution in [2.45, 2.75) is 38.2 Å². The number of primary amides is 1. The van der Waals surface area contributed by atoms with Crippen molar-refractivity contribution in [3.63, 3.8) is 0 Å². The van der Waals surface area contributed by atoms with Crippen molar-refractivity contribution in [1.29, 1.82) is 0 Å². The van der Waals surface area contributed by atoms with Gasteiger partial charge in [-0.25, -0.2) is 0 Å². The van der Waals surface area contributed by atoms with E-state index in [9.17, 15) is 9.59 Å². The lowest BCUT2D eigenvalue weighted by atomic mass is 9.83. The second-order valence-electron chi connectivity index (χ2n) is 8.34. The summed E-state index contributed by atoms with van der Waals surface area (Å²) in [6.45, 7) is 3.15. The molecule has 0 unspecified atom stereocenters. The van der Waals surface area contributed by atoms with E-state index in [1.54, 1.807) is 4.90 Å². The number of nitrogens with two attached hydrogens (primary N) is 1. The third-order valence-corrected chi connectivity index (χ3v) is 6.20. The van der Waals surface area contributed by atoms with Crippen molar-refractivity contribution < 1.29 is 14.3 Å². The maximum Gasteiger partial charge on any atom is 0.251 e. The highest BCUT2D eigenvalue weighted by molar-refractivity contribution is 5.86. The Morgan fingerprint density at radius 2 is 1.90 bits per heavy atom. The van der Waals surface area contributed by atoms with Crippen molar-refractivity contribution in [3.8, 4) is 11.1 Å². The van der Waals surface area contributed by atoms with Gasteiger partial charge >= 0.3 is 0 Å². The number of aryl methyl sites for hydroxylation is 1. The summed E-state index contributed by atoms with van der Waals surface area (Å²) in [5, 5.41) is 0. The van der Waals surface area contributed by atoms with Gasteiger partial charge in [0.1, 0.15) is 0 Å². The Balaban J connectivity index is 1.56. The Morgan fingerprint density at radius 3 is 2.55 bits per heavy atom. The molecule has 152 valence electrons. The molecule has 5 heteroatoms. The third-order valence-electron chi connectivity index (χ3n) is 6.20. The summed E-state index contributed by atoms with van der Waals surface area (Å²) in [7, 11) is 0. The zero-order valence-electron chi connectivity index (χ0n) is 16.9. The first-order valence-corrected chi connectivity index (χ1v) is 10.4. The van der Waals surface area contributed by atoms with E-state index in [0.717, 1.165) is 36.0 Å². The van der Waals surface area contributed by atoms with Crippen molar-refractivity contribution in [2.75, 3.05) is 19.7 Å². The Hall–Kier alpha value is -2.66. The summed E-state index contributed by atoms with van der Waals surface area (Å²) in [6.07, 6.45) is 3.35.